The molecule has 0 saturated heterocycles. The SMILES string of the molecule is CC(C)c1ccc(C#N)c(C=O)n1. The number of pyridine rings is 1. The third-order valence-corrected chi connectivity index (χ3v) is 1.77. The lowest BCUT2D eigenvalue weighted by Gasteiger charge is -2.04. The van der Waals surface area contributed by atoms with Gasteiger partial charge in [0.25, 0.3) is 0 Å². The fraction of sp³-hybridized carbons (Fsp3) is 0.300. The highest BCUT2D eigenvalue weighted by Gasteiger charge is 2.06. The van der Waals surface area contributed by atoms with Gasteiger partial charge in [0.05, 0.1) is 5.56 Å². The number of hydrogen-bond donors (Lipinski definition) is 0. The molecule has 0 aliphatic rings. The van der Waals surface area contributed by atoms with Crippen molar-refractivity contribution in [2.24, 2.45) is 0 Å². The lowest BCUT2D eigenvalue weighted by Crippen LogP contribution is -1.99. The average molecular weight is 174 g/mol. The van der Waals surface area contributed by atoms with Gasteiger partial charge in [-0.25, -0.2) is 4.98 Å². The van der Waals surface area contributed by atoms with Crippen molar-refractivity contribution in [1.82, 2.24) is 4.98 Å². The van der Waals surface area contributed by atoms with Gasteiger partial charge in [-0.2, -0.15) is 5.26 Å². The largest absolute Gasteiger partial charge is 0.296 e. The summed E-state index contributed by atoms with van der Waals surface area (Å²) >= 11 is 0. The molecule has 0 amide bonds. The van der Waals surface area contributed by atoms with E-state index in [2.05, 4.69) is 4.98 Å². The molecule has 0 spiro atoms. The third-order valence-electron chi connectivity index (χ3n) is 1.77. The van der Waals surface area contributed by atoms with Crippen LogP contribution in [-0.4, -0.2) is 11.3 Å². The Morgan fingerprint density at radius 2 is 2.23 bits per heavy atom. The van der Waals surface area contributed by atoms with Gasteiger partial charge >= 0.3 is 0 Å². The van der Waals surface area contributed by atoms with Crippen molar-refractivity contribution in [1.29, 1.82) is 5.26 Å². The van der Waals surface area contributed by atoms with Crippen LogP contribution in [0.25, 0.3) is 0 Å². The number of aromatic nitrogens is 1. The highest BCUT2D eigenvalue weighted by atomic mass is 16.1. The van der Waals surface area contributed by atoms with E-state index in [4.69, 9.17) is 5.26 Å². The fourth-order valence-electron chi connectivity index (χ4n) is 0.997. The van der Waals surface area contributed by atoms with E-state index in [0.29, 0.717) is 11.8 Å². The van der Waals surface area contributed by atoms with E-state index in [9.17, 15) is 4.79 Å². The molecule has 13 heavy (non-hydrogen) atoms. The van der Waals surface area contributed by atoms with Crippen LogP contribution in [0.2, 0.25) is 0 Å². The first-order valence-corrected chi connectivity index (χ1v) is 4.05. The van der Waals surface area contributed by atoms with Crippen LogP contribution in [-0.2, 0) is 0 Å². The highest BCUT2D eigenvalue weighted by molar-refractivity contribution is 5.76. The summed E-state index contributed by atoms with van der Waals surface area (Å²) < 4.78 is 0. The zero-order chi connectivity index (χ0) is 9.84. The first-order chi connectivity index (χ1) is 6.19. The van der Waals surface area contributed by atoms with Crippen LogP contribution < -0.4 is 0 Å². The summed E-state index contributed by atoms with van der Waals surface area (Å²) in [7, 11) is 0. The Bertz CT molecular complexity index is 364. The molecule has 0 fully saturated rings. The second-order valence-corrected chi connectivity index (χ2v) is 3.05. The van der Waals surface area contributed by atoms with E-state index < -0.39 is 0 Å². The minimum atomic E-state index is 0.230. The van der Waals surface area contributed by atoms with Crippen LogP contribution in [0.5, 0.6) is 0 Å². The van der Waals surface area contributed by atoms with Gasteiger partial charge in [0.2, 0.25) is 0 Å². The Labute approximate surface area is 77.0 Å². The topological polar surface area (TPSA) is 53.8 Å². The zero-order valence-corrected chi connectivity index (χ0v) is 7.61. The monoisotopic (exact) mass is 174 g/mol. The van der Waals surface area contributed by atoms with E-state index in [0.717, 1.165) is 5.69 Å². The Balaban J connectivity index is 3.22. The molecule has 0 atom stereocenters. The van der Waals surface area contributed by atoms with Gasteiger partial charge in [-0.3, -0.25) is 4.79 Å². The Morgan fingerprint density at radius 1 is 1.54 bits per heavy atom. The van der Waals surface area contributed by atoms with Gasteiger partial charge in [0.1, 0.15) is 11.8 Å². The maximum Gasteiger partial charge on any atom is 0.169 e. The quantitative estimate of drug-likeness (QED) is 0.643. The van der Waals surface area contributed by atoms with E-state index in [1.165, 1.54) is 0 Å². The lowest BCUT2D eigenvalue weighted by atomic mass is 10.1. The van der Waals surface area contributed by atoms with Crippen molar-refractivity contribution in [2.75, 3.05) is 0 Å². The molecule has 3 nitrogen and oxygen atoms in total. The maximum atomic E-state index is 10.5. The first kappa shape index (κ1) is 9.40. The number of nitrogens with zero attached hydrogens (tertiary/aromatic N) is 2. The molecule has 0 aromatic carbocycles. The highest BCUT2D eigenvalue weighted by Crippen LogP contribution is 2.13. The molecule has 0 unspecified atom stereocenters. The van der Waals surface area contributed by atoms with Crippen molar-refractivity contribution in [2.45, 2.75) is 19.8 Å². The summed E-state index contributed by atoms with van der Waals surface area (Å²) in [5.41, 5.74) is 1.40. The molecule has 1 rings (SSSR count). The molecule has 1 aromatic rings. The van der Waals surface area contributed by atoms with Crippen LogP contribution >= 0.6 is 0 Å². The predicted octanol–water partition coefficient (Wildman–Crippen LogP) is 1.89. The van der Waals surface area contributed by atoms with Gasteiger partial charge < -0.3 is 0 Å². The van der Waals surface area contributed by atoms with Crippen LogP contribution in [0.4, 0.5) is 0 Å². The van der Waals surface area contributed by atoms with Crippen molar-refractivity contribution in [3.05, 3.63) is 29.1 Å². The minimum Gasteiger partial charge on any atom is -0.296 e. The number of rotatable bonds is 2. The Kier molecular flexibility index (Phi) is 2.76. The number of nitriles is 1. The van der Waals surface area contributed by atoms with E-state index in [1.807, 2.05) is 19.9 Å². The van der Waals surface area contributed by atoms with Crippen molar-refractivity contribution < 1.29 is 4.79 Å². The Morgan fingerprint density at radius 3 is 2.69 bits per heavy atom. The smallest absolute Gasteiger partial charge is 0.169 e. The number of aldehydes is 1. The minimum absolute atomic E-state index is 0.230. The van der Waals surface area contributed by atoms with Gasteiger partial charge in [-0.05, 0) is 18.1 Å². The number of hydrogen-bond acceptors (Lipinski definition) is 3. The molecule has 0 aliphatic heterocycles. The van der Waals surface area contributed by atoms with Gasteiger partial charge in [-0.1, -0.05) is 13.8 Å². The van der Waals surface area contributed by atoms with Crippen molar-refractivity contribution in [3.8, 4) is 6.07 Å². The van der Waals surface area contributed by atoms with Crippen LogP contribution in [0.1, 0.15) is 41.5 Å². The van der Waals surface area contributed by atoms with Crippen LogP contribution in [0.3, 0.4) is 0 Å². The van der Waals surface area contributed by atoms with Gasteiger partial charge in [0, 0.05) is 5.69 Å². The number of carbonyl (C=O) groups is 1. The molecule has 0 saturated carbocycles. The first-order valence-electron chi connectivity index (χ1n) is 4.05. The van der Waals surface area contributed by atoms with Crippen LogP contribution in [0.15, 0.2) is 12.1 Å². The van der Waals surface area contributed by atoms with Gasteiger partial charge in [-0.15, -0.1) is 0 Å². The molecule has 66 valence electrons. The summed E-state index contributed by atoms with van der Waals surface area (Å²) in [5.74, 6) is 0.270. The third kappa shape index (κ3) is 1.91. The zero-order valence-electron chi connectivity index (χ0n) is 7.61. The van der Waals surface area contributed by atoms with Crippen molar-refractivity contribution >= 4 is 6.29 Å². The number of carbonyl (C=O) groups excluding carboxylic acids is 1. The molecule has 0 aliphatic carbocycles. The Hall–Kier alpha value is -1.69. The summed E-state index contributed by atoms with van der Waals surface area (Å²) in [6.07, 6.45) is 0.616. The molecule has 0 radical (unpaired) electrons. The second-order valence-electron chi connectivity index (χ2n) is 3.05. The maximum absolute atomic E-state index is 10.5. The molecular weight excluding hydrogens is 164 g/mol. The molecule has 1 heterocycles. The van der Waals surface area contributed by atoms with E-state index in [1.54, 1.807) is 12.1 Å². The molecule has 0 N–H and O–H groups in total. The predicted molar refractivity (Wildman–Crippen MR) is 48.4 cm³/mol. The summed E-state index contributed by atoms with van der Waals surface area (Å²) in [6, 6.07) is 5.32. The van der Waals surface area contributed by atoms with E-state index >= 15 is 0 Å². The molecule has 0 bridgehead atoms. The summed E-state index contributed by atoms with van der Waals surface area (Å²) in [5, 5.41) is 8.63. The lowest BCUT2D eigenvalue weighted by molar-refractivity contribution is 0.111. The molecule has 1 aromatic heterocycles. The normalized spacial score (nSPS) is 9.69. The van der Waals surface area contributed by atoms with Crippen molar-refractivity contribution in [3.63, 3.8) is 0 Å². The molecule has 3 heteroatoms. The fourth-order valence-corrected chi connectivity index (χ4v) is 0.997. The summed E-state index contributed by atoms with van der Waals surface area (Å²) in [6.45, 7) is 3.98. The van der Waals surface area contributed by atoms with Crippen LogP contribution in [0, 0.1) is 11.3 Å². The average Bonchev–Trinajstić information content (AvgIpc) is 2.16. The second kappa shape index (κ2) is 3.81. The van der Waals surface area contributed by atoms with Gasteiger partial charge in [0.15, 0.2) is 6.29 Å². The summed E-state index contributed by atoms with van der Waals surface area (Å²) in [4.78, 5) is 14.6. The standard InChI is InChI=1S/C10H10N2O/c1-7(2)9-4-3-8(5-11)10(6-13)12-9/h3-4,6-7H,1-2H3. The molecular formula is C10H10N2O. The van der Waals surface area contributed by atoms with E-state index in [-0.39, 0.29) is 11.6 Å².